The van der Waals surface area contributed by atoms with Gasteiger partial charge in [0.25, 0.3) is 5.56 Å². The van der Waals surface area contributed by atoms with Crippen LogP contribution in [0.3, 0.4) is 0 Å². The highest BCUT2D eigenvalue weighted by atomic mass is 16.4. The summed E-state index contributed by atoms with van der Waals surface area (Å²) in [6, 6.07) is 8.50. The van der Waals surface area contributed by atoms with Crippen LogP contribution >= 0.6 is 0 Å². The molecule has 5 heteroatoms. The summed E-state index contributed by atoms with van der Waals surface area (Å²) in [5, 5.41) is 18.9. The molecule has 0 amide bonds. The van der Waals surface area contributed by atoms with Gasteiger partial charge in [0.2, 0.25) is 0 Å². The topological polar surface area (TPSA) is 79.5 Å². The second-order valence-electron chi connectivity index (χ2n) is 3.76. The molecular formula is C12H11NO4. The van der Waals surface area contributed by atoms with E-state index in [4.69, 9.17) is 5.11 Å². The van der Waals surface area contributed by atoms with Gasteiger partial charge in [0.1, 0.15) is 0 Å². The Hall–Kier alpha value is -2.14. The smallest absolute Gasteiger partial charge is 0.337 e. The number of aliphatic carboxylic acids is 1. The van der Waals surface area contributed by atoms with Gasteiger partial charge >= 0.3 is 5.97 Å². The van der Waals surface area contributed by atoms with E-state index in [1.165, 1.54) is 10.6 Å². The number of nitrogens with zero attached hydrogens (tertiary/aromatic N) is 1. The van der Waals surface area contributed by atoms with Crippen molar-refractivity contribution in [2.24, 2.45) is 7.05 Å². The molecule has 0 unspecified atom stereocenters. The summed E-state index contributed by atoms with van der Waals surface area (Å²) in [5.74, 6) is -1.43. The molecule has 0 fully saturated rings. The predicted octanol–water partition coefficient (Wildman–Crippen LogP) is 0.656. The molecule has 0 radical (unpaired) electrons. The van der Waals surface area contributed by atoms with Crippen molar-refractivity contribution in [1.82, 2.24) is 4.57 Å². The summed E-state index contributed by atoms with van der Waals surface area (Å²) in [4.78, 5) is 22.6. The highest BCUT2D eigenvalue weighted by molar-refractivity contribution is 5.82. The van der Waals surface area contributed by atoms with Crippen molar-refractivity contribution >= 4 is 16.9 Å². The van der Waals surface area contributed by atoms with Crippen molar-refractivity contribution in [3.05, 3.63) is 46.2 Å². The van der Waals surface area contributed by atoms with E-state index in [0.29, 0.717) is 10.9 Å². The monoisotopic (exact) mass is 233 g/mol. The molecule has 1 atom stereocenters. The third kappa shape index (κ3) is 1.81. The van der Waals surface area contributed by atoms with E-state index < -0.39 is 17.6 Å². The van der Waals surface area contributed by atoms with Crippen LogP contribution in [0.25, 0.3) is 10.9 Å². The van der Waals surface area contributed by atoms with Crippen molar-refractivity contribution in [3.8, 4) is 0 Å². The van der Waals surface area contributed by atoms with Crippen LogP contribution in [0.15, 0.2) is 35.1 Å². The summed E-state index contributed by atoms with van der Waals surface area (Å²) in [5.41, 5.74) is 0.0659. The summed E-state index contributed by atoms with van der Waals surface area (Å²) in [6.07, 6.45) is -1.79. The standard InChI is InChI=1S/C12H11NO4/c1-13-9-5-3-2-4-7(9)6-8(11(13)15)10(14)12(16)17/h2-6,10,14H,1H3,(H,16,17)/t10-/m1/s1. The zero-order chi connectivity index (χ0) is 12.6. The molecule has 0 bridgehead atoms. The van der Waals surface area contributed by atoms with Crippen molar-refractivity contribution in [2.45, 2.75) is 6.10 Å². The Balaban J connectivity index is 2.79. The van der Waals surface area contributed by atoms with Crippen LogP contribution in [0.5, 0.6) is 0 Å². The minimum atomic E-state index is -1.79. The molecule has 0 aliphatic carbocycles. The molecule has 1 heterocycles. The Labute approximate surface area is 96.5 Å². The zero-order valence-electron chi connectivity index (χ0n) is 9.12. The van der Waals surface area contributed by atoms with Gasteiger partial charge in [-0.1, -0.05) is 18.2 Å². The second kappa shape index (κ2) is 4.03. The fourth-order valence-corrected chi connectivity index (χ4v) is 1.78. The van der Waals surface area contributed by atoms with Gasteiger partial charge in [-0.05, 0) is 17.5 Å². The van der Waals surface area contributed by atoms with Crippen LogP contribution in [0.1, 0.15) is 11.7 Å². The first-order valence-electron chi connectivity index (χ1n) is 5.02. The lowest BCUT2D eigenvalue weighted by atomic mass is 10.1. The molecular weight excluding hydrogens is 222 g/mol. The van der Waals surface area contributed by atoms with Crippen LogP contribution in [0.4, 0.5) is 0 Å². The molecule has 2 aromatic rings. The number of hydrogen-bond donors (Lipinski definition) is 2. The largest absolute Gasteiger partial charge is 0.479 e. The lowest BCUT2D eigenvalue weighted by molar-refractivity contribution is -0.147. The van der Waals surface area contributed by atoms with Gasteiger partial charge in [0.15, 0.2) is 6.10 Å². The van der Waals surface area contributed by atoms with E-state index >= 15 is 0 Å². The number of rotatable bonds is 2. The van der Waals surface area contributed by atoms with Crippen molar-refractivity contribution in [3.63, 3.8) is 0 Å². The molecule has 2 N–H and O–H groups in total. The Morgan fingerprint density at radius 1 is 1.35 bits per heavy atom. The minimum Gasteiger partial charge on any atom is -0.479 e. The molecule has 0 saturated carbocycles. The Morgan fingerprint density at radius 3 is 2.65 bits per heavy atom. The Kier molecular flexibility index (Phi) is 2.69. The minimum absolute atomic E-state index is 0.126. The van der Waals surface area contributed by atoms with Gasteiger partial charge in [-0.2, -0.15) is 0 Å². The van der Waals surface area contributed by atoms with E-state index in [1.54, 1.807) is 31.3 Å². The number of aromatic nitrogens is 1. The van der Waals surface area contributed by atoms with E-state index in [-0.39, 0.29) is 5.56 Å². The summed E-state index contributed by atoms with van der Waals surface area (Å²) in [6.45, 7) is 0. The van der Waals surface area contributed by atoms with Gasteiger partial charge < -0.3 is 14.8 Å². The lowest BCUT2D eigenvalue weighted by Gasteiger charge is -2.10. The second-order valence-corrected chi connectivity index (χ2v) is 3.76. The average Bonchev–Trinajstić information content (AvgIpc) is 2.33. The first kappa shape index (κ1) is 11.3. The summed E-state index contributed by atoms with van der Waals surface area (Å²) < 4.78 is 1.33. The molecule has 0 saturated heterocycles. The molecule has 1 aromatic carbocycles. The number of carboxylic acids is 1. The van der Waals surface area contributed by atoms with Crippen molar-refractivity contribution in [1.29, 1.82) is 0 Å². The highest BCUT2D eigenvalue weighted by Crippen LogP contribution is 2.16. The fourth-order valence-electron chi connectivity index (χ4n) is 1.78. The molecule has 88 valence electrons. The Morgan fingerprint density at radius 2 is 2.00 bits per heavy atom. The van der Waals surface area contributed by atoms with Crippen LogP contribution < -0.4 is 5.56 Å². The lowest BCUT2D eigenvalue weighted by Crippen LogP contribution is -2.26. The van der Waals surface area contributed by atoms with Crippen LogP contribution in [-0.4, -0.2) is 20.7 Å². The SMILES string of the molecule is Cn1c(=O)c([C@@H](O)C(=O)O)cc2ccccc21. The van der Waals surface area contributed by atoms with E-state index in [2.05, 4.69) is 0 Å². The van der Waals surface area contributed by atoms with Gasteiger partial charge in [-0.3, -0.25) is 4.79 Å². The highest BCUT2D eigenvalue weighted by Gasteiger charge is 2.20. The van der Waals surface area contributed by atoms with Crippen molar-refractivity contribution < 1.29 is 15.0 Å². The Bertz CT molecular complexity index is 644. The molecule has 2 rings (SSSR count). The van der Waals surface area contributed by atoms with Gasteiger partial charge in [-0.25, -0.2) is 4.79 Å². The third-order valence-electron chi connectivity index (χ3n) is 2.69. The molecule has 0 aliphatic rings. The van der Waals surface area contributed by atoms with Gasteiger partial charge in [0, 0.05) is 7.05 Å². The maximum Gasteiger partial charge on any atom is 0.337 e. The number of fused-ring (bicyclic) bond motifs is 1. The third-order valence-corrected chi connectivity index (χ3v) is 2.69. The summed E-state index contributed by atoms with van der Waals surface area (Å²) >= 11 is 0. The fraction of sp³-hybridized carbons (Fsp3) is 0.167. The number of pyridine rings is 1. The van der Waals surface area contributed by atoms with Crippen molar-refractivity contribution in [2.75, 3.05) is 0 Å². The number of hydrogen-bond acceptors (Lipinski definition) is 3. The zero-order valence-corrected chi connectivity index (χ0v) is 9.12. The quantitative estimate of drug-likeness (QED) is 0.798. The predicted molar refractivity (Wildman–Crippen MR) is 61.8 cm³/mol. The van der Waals surface area contributed by atoms with E-state index in [1.807, 2.05) is 0 Å². The van der Waals surface area contributed by atoms with Gasteiger partial charge in [-0.15, -0.1) is 0 Å². The van der Waals surface area contributed by atoms with E-state index in [9.17, 15) is 14.7 Å². The number of para-hydroxylation sites is 1. The summed E-state index contributed by atoms with van der Waals surface area (Å²) in [7, 11) is 1.54. The number of carboxylic acid groups (broad SMARTS) is 1. The average molecular weight is 233 g/mol. The first-order chi connectivity index (χ1) is 8.02. The molecule has 17 heavy (non-hydrogen) atoms. The number of carbonyl (C=O) groups is 1. The molecule has 0 aliphatic heterocycles. The maximum atomic E-state index is 11.9. The maximum absolute atomic E-state index is 11.9. The molecule has 0 spiro atoms. The molecule has 5 nitrogen and oxygen atoms in total. The number of aliphatic hydroxyl groups excluding tert-OH is 1. The van der Waals surface area contributed by atoms with Gasteiger partial charge in [0.05, 0.1) is 11.1 Å². The van der Waals surface area contributed by atoms with Crippen LogP contribution in [0.2, 0.25) is 0 Å². The normalized spacial score (nSPS) is 12.6. The van der Waals surface area contributed by atoms with Crippen LogP contribution in [-0.2, 0) is 11.8 Å². The van der Waals surface area contributed by atoms with E-state index in [0.717, 1.165) is 0 Å². The number of aryl methyl sites for hydroxylation is 1. The van der Waals surface area contributed by atoms with Crippen LogP contribution in [0, 0.1) is 0 Å². The number of benzene rings is 1. The molecule has 1 aromatic heterocycles. The number of aliphatic hydroxyl groups is 1. The first-order valence-corrected chi connectivity index (χ1v) is 5.02.